The fraction of sp³-hybridized carbons (Fsp3) is 0.938. The molecule has 2 atom stereocenters. The Bertz CT molecular complexity index is 322. The van der Waals surface area contributed by atoms with Crippen LogP contribution in [0.15, 0.2) is 0 Å². The van der Waals surface area contributed by atoms with Crippen molar-refractivity contribution in [3.8, 4) is 6.07 Å². The van der Waals surface area contributed by atoms with Gasteiger partial charge in [0.15, 0.2) is 0 Å². The summed E-state index contributed by atoms with van der Waals surface area (Å²) in [4.78, 5) is 2.35. The molecular formula is C16H31N3. The molecule has 1 N–H and O–H groups in total. The van der Waals surface area contributed by atoms with E-state index in [1.54, 1.807) is 0 Å². The van der Waals surface area contributed by atoms with Crippen LogP contribution in [0.25, 0.3) is 0 Å². The number of nitriles is 1. The third-order valence-corrected chi connectivity index (χ3v) is 4.58. The molecule has 3 nitrogen and oxygen atoms in total. The quantitative estimate of drug-likeness (QED) is 0.769. The van der Waals surface area contributed by atoms with Gasteiger partial charge >= 0.3 is 0 Å². The zero-order valence-corrected chi connectivity index (χ0v) is 13.6. The first kappa shape index (κ1) is 16.5. The van der Waals surface area contributed by atoms with E-state index in [-0.39, 0.29) is 11.0 Å². The molecule has 2 unspecified atom stereocenters. The zero-order valence-electron chi connectivity index (χ0n) is 13.6. The lowest BCUT2D eigenvalue weighted by Crippen LogP contribution is -2.56. The van der Waals surface area contributed by atoms with Crippen LogP contribution in [0, 0.1) is 22.7 Å². The molecule has 1 aliphatic rings. The summed E-state index contributed by atoms with van der Waals surface area (Å²) in [6, 6.07) is 3.06. The van der Waals surface area contributed by atoms with E-state index in [4.69, 9.17) is 0 Å². The second-order valence-electron chi connectivity index (χ2n) is 7.24. The van der Waals surface area contributed by atoms with Gasteiger partial charge in [-0.25, -0.2) is 0 Å². The predicted octanol–water partition coefficient (Wildman–Crippen LogP) is 3.02. The summed E-state index contributed by atoms with van der Waals surface area (Å²) in [5.41, 5.74) is -0.103. The summed E-state index contributed by atoms with van der Waals surface area (Å²) in [5, 5.41) is 13.2. The maximum Gasteiger partial charge on any atom is 0.122 e. The van der Waals surface area contributed by atoms with Gasteiger partial charge in [0, 0.05) is 12.6 Å². The van der Waals surface area contributed by atoms with Crippen molar-refractivity contribution in [2.45, 2.75) is 65.5 Å². The van der Waals surface area contributed by atoms with Crippen LogP contribution in [0.3, 0.4) is 0 Å². The van der Waals surface area contributed by atoms with Gasteiger partial charge in [-0.05, 0) is 51.1 Å². The molecule has 0 aromatic carbocycles. The summed E-state index contributed by atoms with van der Waals surface area (Å²) >= 11 is 0. The second kappa shape index (κ2) is 6.24. The van der Waals surface area contributed by atoms with Crippen LogP contribution in [0.4, 0.5) is 0 Å². The third kappa shape index (κ3) is 4.19. The van der Waals surface area contributed by atoms with Gasteiger partial charge < -0.3 is 4.90 Å². The number of hydrogen-bond acceptors (Lipinski definition) is 3. The fourth-order valence-corrected chi connectivity index (χ4v) is 2.61. The first-order valence-corrected chi connectivity index (χ1v) is 7.63. The van der Waals surface area contributed by atoms with Crippen molar-refractivity contribution in [1.29, 1.82) is 5.26 Å². The molecule has 0 aromatic heterocycles. The molecule has 1 fully saturated rings. The van der Waals surface area contributed by atoms with Crippen LogP contribution < -0.4 is 5.32 Å². The highest BCUT2D eigenvalue weighted by Gasteiger charge is 2.46. The van der Waals surface area contributed by atoms with Crippen LogP contribution >= 0.6 is 0 Å². The van der Waals surface area contributed by atoms with Crippen molar-refractivity contribution >= 4 is 0 Å². The summed E-state index contributed by atoms with van der Waals surface area (Å²) < 4.78 is 0. The topological polar surface area (TPSA) is 39.1 Å². The van der Waals surface area contributed by atoms with Gasteiger partial charge in [0.2, 0.25) is 0 Å². The molecule has 0 heterocycles. The van der Waals surface area contributed by atoms with Gasteiger partial charge in [0.25, 0.3) is 0 Å². The summed E-state index contributed by atoms with van der Waals surface area (Å²) in [6.45, 7) is 13.0. The SMILES string of the molecule is CCCNC(C#N)(CN(C)C(C)C(C)(C)C)C1CC1. The predicted molar refractivity (Wildman–Crippen MR) is 80.9 cm³/mol. The standard InChI is InChI=1S/C16H31N3/c1-7-10-18-16(11-17,14-8-9-14)12-19(6)13(2)15(3,4)5/h13-14,18H,7-10,12H2,1-6H3. The van der Waals surface area contributed by atoms with Crippen molar-refractivity contribution in [3.05, 3.63) is 0 Å². The van der Waals surface area contributed by atoms with E-state index < -0.39 is 0 Å². The lowest BCUT2D eigenvalue weighted by molar-refractivity contribution is 0.110. The fourth-order valence-electron chi connectivity index (χ4n) is 2.61. The van der Waals surface area contributed by atoms with Crippen LogP contribution in [-0.4, -0.2) is 36.6 Å². The third-order valence-electron chi connectivity index (χ3n) is 4.58. The molecule has 0 aliphatic heterocycles. The molecule has 0 aromatic rings. The minimum atomic E-state index is -0.343. The number of rotatable bonds is 7. The zero-order chi connectivity index (χ0) is 14.7. The highest BCUT2D eigenvalue weighted by Crippen LogP contribution is 2.40. The first-order valence-electron chi connectivity index (χ1n) is 7.63. The normalized spacial score (nSPS) is 20.9. The average Bonchev–Trinajstić information content (AvgIpc) is 3.16. The van der Waals surface area contributed by atoms with E-state index in [9.17, 15) is 5.26 Å². The monoisotopic (exact) mass is 265 g/mol. The Morgan fingerprint density at radius 2 is 1.95 bits per heavy atom. The van der Waals surface area contributed by atoms with Gasteiger partial charge in [-0.15, -0.1) is 0 Å². The molecule has 0 bridgehead atoms. The van der Waals surface area contributed by atoms with Crippen molar-refractivity contribution in [2.24, 2.45) is 11.3 Å². The number of nitrogens with zero attached hydrogens (tertiary/aromatic N) is 2. The Balaban J connectivity index is 2.75. The highest BCUT2D eigenvalue weighted by atomic mass is 15.2. The van der Waals surface area contributed by atoms with E-state index >= 15 is 0 Å². The molecule has 0 spiro atoms. The maximum absolute atomic E-state index is 9.71. The Morgan fingerprint density at radius 3 is 2.32 bits per heavy atom. The number of likely N-dealkylation sites (N-methyl/N-ethyl adjacent to an activating group) is 1. The van der Waals surface area contributed by atoms with Gasteiger partial charge in [-0.3, -0.25) is 5.32 Å². The molecular weight excluding hydrogens is 234 g/mol. The average molecular weight is 265 g/mol. The lowest BCUT2D eigenvalue weighted by atomic mass is 9.85. The highest BCUT2D eigenvalue weighted by molar-refractivity contribution is 5.16. The van der Waals surface area contributed by atoms with Crippen molar-refractivity contribution in [1.82, 2.24) is 10.2 Å². The van der Waals surface area contributed by atoms with E-state index in [0.717, 1.165) is 19.5 Å². The van der Waals surface area contributed by atoms with Crippen LogP contribution in [-0.2, 0) is 0 Å². The Labute approximate surface area is 119 Å². The first-order chi connectivity index (χ1) is 8.77. The molecule has 1 saturated carbocycles. The van der Waals surface area contributed by atoms with Crippen molar-refractivity contribution in [2.75, 3.05) is 20.1 Å². The maximum atomic E-state index is 9.71. The van der Waals surface area contributed by atoms with Gasteiger partial charge in [-0.1, -0.05) is 27.7 Å². The van der Waals surface area contributed by atoms with Crippen LogP contribution in [0.5, 0.6) is 0 Å². The second-order valence-corrected chi connectivity index (χ2v) is 7.24. The van der Waals surface area contributed by atoms with Crippen molar-refractivity contribution in [3.63, 3.8) is 0 Å². The molecule has 0 saturated heterocycles. The van der Waals surface area contributed by atoms with Gasteiger partial charge in [0.1, 0.15) is 5.54 Å². The Kier molecular flexibility index (Phi) is 5.41. The molecule has 1 rings (SSSR count). The molecule has 110 valence electrons. The molecule has 0 amide bonds. The number of hydrogen-bond donors (Lipinski definition) is 1. The van der Waals surface area contributed by atoms with E-state index in [1.807, 2.05) is 0 Å². The van der Waals surface area contributed by atoms with Crippen LogP contribution in [0.2, 0.25) is 0 Å². The smallest absolute Gasteiger partial charge is 0.122 e. The lowest BCUT2D eigenvalue weighted by Gasteiger charge is -2.40. The minimum Gasteiger partial charge on any atom is -0.300 e. The Hall–Kier alpha value is -0.590. The molecule has 19 heavy (non-hydrogen) atoms. The largest absolute Gasteiger partial charge is 0.300 e. The van der Waals surface area contributed by atoms with Crippen molar-refractivity contribution < 1.29 is 0 Å². The molecule has 3 heteroatoms. The van der Waals surface area contributed by atoms with E-state index in [1.165, 1.54) is 12.8 Å². The molecule has 0 radical (unpaired) electrons. The van der Waals surface area contributed by atoms with Gasteiger partial charge in [0.05, 0.1) is 6.07 Å². The van der Waals surface area contributed by atoms with E-state index in [2.05, 4.69) is 58.0 Å². The van der Waals surface area contributed by atoms with Crippen LogP contribution in [0.1, 0.15) is 53.9 Å². The number of nitrogens with one attached hydrogen (secondary N) is 1. The summed E-state index contributed by atoms with van der Waals surface area (Å²) in [7, 11) is 2.15. The Morgan fingerprint density at radius 1 is 1.37 bits per heavy atom. The minimum absolute atomic E-state index is 0.240. The summed E-state index contributed by atoms with van der Waals surface area (Å²) in [5.74, 6) is 0.540. The van der Waals surface area contributed by atoms with Gasteiger partial charge in [-0.2, -0.15) is 5.26 Å². The molecule has 1 aliphatic carbocycles. The van der Waals surface area contributed by atoms with E-state index in [0.29, 0.717) is 12.0 Å². The summed E-state index contributed by atoms with van der Waals surface area (Å²) in [6.07, 6.45) is 3.47.